The van der Waals surface area contributed by atoms with Gasteiger partial charge in [0, 0.05) is 26.1 Å². The van der Waals surface area contributed by atoms with E-state index in [0.717, 1.165) is 38.6 Å². The van der Waals surface area contributed by atoms with Gasteiger partial charge in [-0.3, -0.25) is 9.69 Å². The number of ether oxygens (including phenoxy) is 1. The molecule has 4 heteroatoms. The number of rotatable bonds is 4. The molecule has 1 aliphatic rings. The van der Waals surface area contributed by atoms with Crippen molar-refractivity contribution >= 4 is 16.9 Å². The maximum absolute atomic E-state index is 11.2. The van der Waals surface area contributed by atoms with Crippen molar-refractivity contribution in [1.82, 2.24) is 4.90 Å². The Hall–Kier alpha value is -0.0600. The lowest BCUT2D eigenvalue weighted by molar-refractivity contribution is -0.111. The third-order valence-electron chi connectivity index (χ3n) is 2.04. The van der Waals surface area contributed by atoms with Crippen molar-refractivity contribution in [2.24, 2.45) is 0 Å². The Balaban J connectivity index is 2.06. The molecule has 0 aromatic rings. The molecule has 1 fully saturated rings. The van der Waals surface area contributed by atoms with Crippen LogP contribution >= 0.6 is 11.8 Å². The average Bonchev–Trinajstić information content (AvgIpc) is 2.17. The van der Waals surface area contributed by atoms with Crippen molar-refractivity contribution in [2.45, 2.75) is 13.3 Å². The second-order valence-corrected chi connectivity index (χ2v) is 4.33. The zero-order chi connectivity index (χ0) is 9.52. The van der Waals surface area contributed by atoms with Crippen molar-refractivity contribution in [1.29, 1.82) is 0 Å². The molecular formula is C9H17NO2S. The van der Waals surface area contributed by atoms with Gasteiger partial charge >= 0.3 is 0 Å². The van der Waals surface area contributed by atoms with Gasteiger partial charge in [-0.15, -0.1) is 0 Å². The SMILES string of the molecule is CCSC(=O)CCN1CCOCC1. The van der Waals surface area contributed by atoms with E-state index in [0.29, 0.717) is 11.5 Å². The lowest BCUT2D eigenvalue weighted by Crippen LogP contribution is -2.37. The summed E-state index contributed by atoms with van der Waals surface area (Å²) in [4.78, 5) is 13.5. The van der Waals surface area contributed by atoms with Gasteiger partial charge in [0.1, 0.15) is 0 Å². The minimum absolute atomic E-state index is 0.314. The average molecular weight is 203 g/mol. The number of carbonyl (C=O) groups excluding carboxylic acids is 1. The highest BCUT2D eigenvalue weighted by molar-refractivity contribution is 8.13. The van der Waals surface area contributed by atoms with Gasteiger partial charge in [0.15, 0.2) is 5.12 Å². The van der Waals surface area contributed by atoms with Crippen LogP contribution in [0.25, 0.3) is 0 Å². The molecule has 0 aromatic carbocycles. The van der Waals surface area contributed by atoms with E-state index in [1.165, 1.54) is 11.8 Å². The van der Waals surface area contributed by atoms with Gasteiger partial charge in [-0.2, -0.15) is 0 Å². The summed E-state index contributed by atoms with van der Waals surface area (Å²) in [7, 11) is 0. The summed E-state index contributed by atoms with van der Waals surface area (Å²) in [6.07, 6.45) is 0.679. The number of nitrogens with zero attached hydrogens (tertiary/aromatic N) is 1. The summed E-state index contributed by atoms with van der Waals surface area (Å²) >= 11 is 1.42. The lowest BCUT2D eigenvalue weighted by atomic mass is 10.3. The smallest absolute Gasteiger partial charge is 0.190 e. The molecule has 1 heterocycles. The Kier molecular flexibility index (Phi) is 5.43. The highest BCUT2D eigenvalue weighted by Gasteiger charge is 2.11. The molecule has 0 bridgehead atoms. The quantitative estimate of drug-likeness (QED) is 0.681. The Labute approximate surface area is 83.8 Å². The van der Waals surface area contributed by atoms with Crippen molar-refractivity contribution in [3.8, 4) is 0 Å². The second kappa shape index (κ2) is 6.40. The largest absolute Gasteiger partial charge is 0.379 e. The van der Waals surface area contributed by atoms with Crippen LogP contribution < -0.4 is 0 Å². The number of morpholine rings is 1. The summed E-state index contributed by atoms with van der Waals surface area (Å²) in [6, 6.07) is 0. The van der Waals surface area contributed by atoms with E-state index < -0.39 is 0 Å². The van der Waals surface area contributed by atoms with Gasteiger partial charge < -0.3 is 4.74 Å². The molecule has 0 N–H and O–H groups in total. The monoisotopic (exact) mass is 203 g/mol. The van der Waals surface area contributed by atoms with Crippen molar-refractivity contribution in [2.75, 3.05) is 38.6 Å². The lowest BCUT2D eigenvalue weighted by Gasteiger charge is -2.25. The van der Waals surface area contributed by atoms with E-state index in [1.807, 2.05) is 6.92 Å². The second-order valence-electron chi connectivity index (χ2n) is 3.01. The van der Waals surface area contributed by atoms with Crippen LogP contribution in [0.5, 0.6) is 0 Å². The van der Waals surface area contributed by atoms with Crippen LogP contribution in [0.1, 0.15) is 13.3 Å². The zero-order valence-corrected chi connectivity index (χ0v) is 8.94. The first-order valence-electron chi connectivity index (χ1n) is 4.78. The van der Waals surface area contributed by atoms with E-state index in [1.54, 1.807) is 0 Å². The van der Waals surface area contributed by atoms with Crippen molar-refractivity contribution in [3.63, 3.8) is 0 Å². The first-order valence-corrected chi connectivity index (χ1v) is 5.77. The number of thioether (sulfide) groups is 1. The fourth-order valence-corrected chi connectivity index (χ4v) is 1.86. The van der Waals surface area contributed by atoms with Crippen LogP contribution in [0.15, 0.2) is 0 Å². The summed E-state index contributed by atoms with van der Waals surface area (Å²) in [5.74, 6) is 0.891. The minimum Gasteiger partial charge on any atom is -0.379 e. The predicted molar refractivity (Wildman–Crippen MR) is 55.0 cm³/mol. The molecule has 0 radical (unpaired) electrons. The highest BCUT2D eigenvalue weighted by Crippen LogP contribution is 2.06. The number of carbonyl (C=O) groups is 1. The minimum atomic E-state index is 0.314. The van der Waals surface area contributed by atoms with E-state index in [-0.39, 0.29) is 0 Å². The molecule has 0 aliphatic carbocycles. The van der Waals surface area contributed by atoms with Gasteiger partial charge in [-0.25, -0.2) is 0 Å². The maximum Gasteiger partial charge on any atom is 0.190 e. The molecule has 1 saturated heterocycles. The van der Waals surface area contributed by atoms with E-state index in [4.69, 9.17) is 4.74 Å². The molecule has 0 spiro atoms. The molecule has 76 valence electrons. The van der Waals surface area contributed by atoms with Crippen molar-refractivity contribution < 1.29 is 9.53 Å². The number of hydrogen-bond donors (Lipinski definition) is 0. The van der Waals surface area contributed by atoms with Crippen LogP contribution in [0.4, 0.5) is 0 Å². The van der Waals surface area contributed by atoms with Gasteiger partial charge in [0.25, 0.3) is 0 Å². The van der Waals surface area contributed by atoms with E-state index >= 15 is 0 Å². The van der Waals surface area contributed by atoms with Gasteiger partial charge in [-0.05, 0) is 5.75 Å². The van der Waals surface area contributed by atoms with Gasteiger partial charge in [-0.1, -0.05) is 18.7 Å². The van der Waals surface area contributed by atoms with Crippen LogP contribution in [0.2, 0.25) is 0 Å². The van der Waals surface area contributed by atoms with Crippen LogP contribution in [0.3, 0.4) is 0 Å². The van der Waals surface area contributed by atoms with Crippen LogP contribution in [-0.4, -0.2) is 48.6 Å². The van der Waals surface area contributed by atoms with Crippen LogP contribution in [0, 0.1) is 0 Å². The Morgan fingerprint density at radius 3 is 2.77 bits per heavy atom. The highest BCUT2D eigenvalue weighted by atomic mass is 32.2. The molecule has 0 unspecified atom stereocenters. The van der Waals surface area contributed by atoms with Gasteiger partial charge in [0.05, 0.1) is 13.2 Å². The Morgan fingerprint density at radius 1 is 1.46 bits per heavy atom. The summed E-state index contributed by atoms with van der Waals surface area (Å²) in [5, 5.41) is 0.314. The molecule has 13 heavy (non-hydrogen) atoms. The molecule has 0 atom stereocenters. The third-order valence-corrected chi connectivity index (χ3v) is 2.86. The van der Waals surface area contributed by atoms with Crippen molar-refractivity contribution in [3.05, 3.63) is 0 Å². The number of hydrogen-bond acceptors (Lipinski definition) is 4. The Bertz CT molecular complexity index is 158. The molecular weight excluding hydrogens is 186 g/mol. The maximum atomic E-state index is 11.2. The van der Waals surface area contributed by atoms with Gasteiger partial charge in [0.2, 0.25) is 0 Å². The first-order chi connectivity index (χ1) is 6.33. The molecule has 3 nitrogen and oxygen atoms in total. The standard InChI is InChI=1S/C9H17NO2S/c1-2-13-9(11)3-4-10-5-7-12-8-6-10/h2-8H2,1H3. The van der Waals surface area contributed by atoms with Crippen LogP contribution in [-0.2, 0) is 9.53 Å². The molecule has 0 saturated carbocycles. The molecule has 0 aromatic heterocycles. The summed E-state index contributed by atoms with van der Waals surface area (Å²) in [6.45, 7) is 6.49. The fourth-order valence-electron chi connectivity index (χ4n) is 1.31. The zero-order valence-electron chi connectivity index (χ0n) is 8.12. The summed E-state index contributed by atoms with van der Waals surface area (Å²) < 4.78 is 5.22. The topological polar surface area (TPSA) is 29.5 Å². The normalized spacial score (nSPS) is 18.8. The van der Waals surface area contributed by atoms with E-state index in [2.05, 4.69) is 4.90 Å². The molecule has 1 aliphatic heterocycles. The fraction of sp³-hybridized carbons (Fsp3) is 0.889. The van der Waals surface area contributed by atoms with E-state index in [9.17, 15) is 4.79 Å². The summed E-state index contributed by atoms with van der Waals surface area (Å²) in [5.41, 5.74) is 0. The molecule has 1 rings (SSSR count). The predicted octanol–water partition coefficient (Wildman–Crippen LogP) is 0.988. The first kappa shape index (κ1) is 11.0. The Morgan fingerprint density at radius 2 is 2.15 bits per heavy atom. The third kappa shape index (κ3) is 4.64. The molecule has 0 amide bonds.